The molecule has 7 nitrogen and oxygen atoms in total. The standard InChI is InChI=1S/C22H29N5O2.2ClH/c1-16(18-7-11-24-12-8-18)13-21(28)26-19-3-2-4-20(14-19)27-22(29)25-15-17-5-9-23-10-6-17;;/h2-6,9-10,14,16,18,24H,7-8,11-13,15H2,1H3,(H,26,28)(H2,25,27,29);2*1H. The number of nitrogens with one attached hydrogen (secondary N) is 4. The molecule has 1 atom stereocenters. The average Bonchev–Trinajstić information content (AvgIpc) is 2.74. The minimum Gasteiger partial charge on any atom is -0.334 e. The number of pyridine rings is 1. The van der Waals surface area contributed by atoms with Crippen LogP contribution >= 0.6 is 24.8 Å². The fourth-order valence-corrected chi connectivity index (χ4v) is 3.62. The molecule has 4 N–H and O–H groups in total. The Kier molecular flexibility index (Phi) is 11.9. The molecule has 0 spiro atoms. The van der Waals surface area contributed by atoms with Crippen LogP contribution in [0.25, 0.3) is 0 Å². The highest BCUT2D eigenvalue weighted by Gasteiger charge is 2.22. The van der Waals surface area contributed by atoms with Crippen LogP contribution in [0, 0.1) is 11.8 Å². The summed E-state index contributed by atoms with van der Waals surface area (Å²) in [6, 6.07) is 10.6. The third kappa shape index (κ3) is 9.12. The van der Waals surface area contributed by atoms with E-state index in [2.05, 4.69) is 33.2 Å². The minimum absolute atomic E-state index is 0. The number of hydrogen-bond donors (Lipinski definition) is 4. The Hall–Kier alpha value is -2.35. The number of hydrogen-bond acceptors (Lipinski definition) is 4. The Bertz CT molecular complexity index is 817. The zero-order chi connectivity index (χ0) is 20.5. The molecular formula is C22H31Cl2N5O2. The summed E-state index contributed by atoms with van der Waals surface area (Å²) >= 11 is 0. The predicted octanol–water partition coefficient (Wildman–Crippen LogP) is 4.21. The first-order valence-electron chi connectivity index (χ1n) is 10.1. The van der Waals surface area contributed by atoms with Crippen molar-refractivity contribution in [1.29, 1.82) is 0 Å². The van der Waals surface area contributed by atoms with Gasteiger partial charge in [0.2, 0.25) is 5.91 Å². The van der Waals surface area contributed by atoms with Crippen molar-refractivity contribution in [1.82, 2.24) is 15.6 Å². The van der Waals surface area contributed by atoms with E-state index in [0.717, 1.165) is 31.5 Å². The lowest BCUT2D eigenvalue weighted by Crippen LogP contribution is -2.32. The highest BCUT2D eigenvalue weighted by atomic mass is 35.5. The lowest BCUT2D eigenvalue weighted by Gasteiger charge is -2.27. The molecule has 1 unspecified atom stereocenters. The van der Waals surface area contributed by atoms with Crippen molar-refractivity contribution in [2.24, 2.45) is 11.8 Å². The van der Waals surface area contributed by atoms with Crippen molar-refractivity contribution in [2.75, 3.05) is 23.7 Å². The first-order chi connectivity index (χ1) is 14.1. The molecule has 1 aliphatic rings. The van der Waals surface area contributed by atoms with Crippen LogP contribution in [0.1, 0.15) is 31.7 Å². The molecule has 31 heavy (non-hydrogen) atoms. The Balaban J connectivity index is 0.00000240. The molecule has 3 rings (SSSR count). The highest BCUT2D eigenvalue weighted by molar-refractivity contribution is 5.93. The molecule has 1 fully saturated rings. The van der Waals surface area contributed by atoms with E-state index in [4.69, 9.17) is 0 Å². The maximum Gasteiger partial charge on any atom is 0.319 e. The highest BCUT2D eigenvalue weighted by Crippen LogP contribution is 2.25. The number of urea groups is 1. The summed E-state index contributed by atoms with van der Waals surface area (Å²) in [5.41, 5.74) is 2.28. The molecule has 9 heteroatoms. The largest absolute Gasteiger partial charge is 0.334 e. The van der Waals surface area contributed by atoms with E-state index in [1.165, 1.54) is 0 Å². The lowest BCUT2D eigenvalue weighted by molar-refractivity contribution is -0.117. The molecular weight excluding hydrogens is 437 g/mol. The van der Waals surface area contributed by atoms with Crippen LogP contribution in [0.3, 0.4) is 0 Å². The van der Waals surface area contributed by atoms with E-state index in [-0.39, 0.29) is 36.8 Å². The Morgan fingerprint density at radius 2 is 1.71 bits per heavy atom. The first-order valence-corrected chi connectivity index (χ1v) is 10.1. The van der Waals surface area contributed by atoms with Crippen LogP contribution in [0.5, 0.6) is 0 Å². The maximum absolute atomic E-state index is 12.4. The number of benzene rings is 1. The van der Waals surface area contributed by atoms with Gasteiger partial charge in [-0.3, -0.25) is 9.78 Å². The minimum atomic E-state index is -0.301. The summed E-state index contributed by atoms with van der Waals surface area (Å²) in [6.45, 7) is 4.64. The monoisotopic (exact) mass is 467 g/mol. The molecule has 1 aromatic heterocycles. The van der Waals surface area contributed by atoms with Gasteiger partial charge >= 0.3 is 6.03 Å². The van der Waals surface area contributed by atoms with Crippen molar-refractivity contribution in [2.45, 2.75) is 32.7 Å². The van der Waals surface area contributed by atoms with E-state index in [1.54, 1.807) is 24.5 Å². The van der Waals surface area contributed by atoms with E-state index >= 15 is 0 Å². The van der Waals surface area contributed by atoms with Crippen LogP contribution in [0.15, 0.2) is 48.8 Å². The first kappa shape index (κ1) is 26.7. The van der Waals surface area contributed by atoms with Gasteiger partial charge in [0.1, 0.15) is 0 Å². The Labute approximate surface area is 196 Å². The Morgan fingerprint density at radius 1 is 1.06 bits per heavy atom. The fourth-order valence-electron chi connectivity index (χ4n) is 3.62. The zero-order valence-electron chi connectivity index (χ0n) is 17.6. The lowest BCUT2D eigenvalue weighted by atomic mass is 9.84. The summed E-state index contributed by atoms with van der Waals surface area (Å²) in [7, 11) is 0. The summed E-state index contributed by atoms with van der Waals surface area (Å²) in [6.07, 6.45) is 6.14. The number of carbonyl (C=O) groups excluding carboxylic acids is 2. The van der Waals surface area contributed by atoms with Gasteiger partial charge in [0.15, 0.2) is 0 Å². The van der Waals surface area contributed by atoms with Gasteiger partial charge in [0.05, 0.1) is 0 Å². The van der Waals surface area contributed by atoms with Crippen LogP contribution in [-0.4, -0.2) is 30.0 Å². The smallest absolute Gasteiger partial charge is 0.319 e. The third-order valence-corrected chi connectivity index (χ3v) is 5.30. The fraction of sp³-hybridized carbons (Fsp3) is 0.409. The van der Waals surface area contributed by atoms with Gasteiger partial charge in [-0.2, -0.15) is 0 Å². The molecule has 2 aromatic rings. The molecule has 170 valence electrons. The summed E-state index contributed by atoms with van der Waals surface area (Å²) in [5, 5.41) is 11.9. The van der Waals surface area contributed by atoms with Crippen LogP contribution in [-0.2, 0) is 11.3 Å². The van der Waals surface area contributed by atoms with Gasteiger partial charge in [0.25, 0.3) is 0 Å². The maximum atomic E-state index is 12.4. The molecule has 1 saturated heterocycles. The second-order valence-electron chi connectivity index (χ2n) is 7.56. The second-order valence-corrected chi connectivity index (χ2v) is 7.56. The molecule has 0 aliphatic carbocycles. The molecule has 2 heterocycles. The van der Waals surface area contributed by atoms with E-state index in [1.807, 2.05) is 24.3 Å². The van der Waals surface area contributed by atoms with Crippen molar-refractivity contribution in [3.8, 4) is 0 Å². The topological polar surface area (TPSA) is 95.2 Å². The SMILES string of the molecule is CC(CC(=O)Nc1cccc(NC(=O)NCc2ccncc2)c1)C1CCNCC1.Cl.Cl. The van der Waals surface area contributed by atoms with Crippen LogP contribution in [0.4, 0.5) is 16.2 Å². The quantitative estimate of drug-likeness (QED) is 0.490. The third-order valence-electron chi connectivity index (χ3n) is 5.30. The van der Waals surface area contributed by atoms with E-state index in [9.17, 15) is 9.59 Å². The predicted molar refractivity (Wildman–Crippen MR) is 129 cm³/mol. The van der Waals surface area contributed by atoms with E-state index < -0.39 is 0 Å². The summed E-state index contributed by atoms with van der Waals surface area (Å²) < 4.78 is 0. The van der Waals surface area contributed by atoms with Crippen molar-refractivity contribution in [3.05, 3.63) is 54.4 Å². The van der Waals surface area contributed by atoms with Gasteiger partial charge in [-0.15, -0.1) is 24.8 Å². The zero-order valence-corrected chi connectivity index (χ0v) is 19.2. The number of rotatable bonds is 7. The number of amides is 3. The Morgan fingerprint density at radius 3 is 2.39 bits per heavy atom. The van der Waals surface area contributed by atoms with Gasteiger partial charge in [-0.05, 0) is 73.7 Å². The molecule has 3 amide bonds. The molecule has 0 bridgehead atoms. The molecule has 0 radical (unpaired) electrons. The van der Waals surface area contributed by atoms with Crippen molar-refractivity contribution < 1.29 is 9.59 Å². The second kappa shape index (κ2) is 13.9. The normalized spacial score (nSPS) is 14.4. The number of anilines is 2. The number of aromatic nitrogens is 1. The average molecular weight is 468 g/mol. The van der Waals surface area contributed by atoms with Gasteiger partial charge in [-0.25, -0.2) is 4.79 Å². The van der Waals surface area contributed by atoms with Gasteiger partial charge < -0.3 is 21.3 Å². The van der Waals surface area contributed by atoms with Crippen LogP contribution in [0.2, 0.25) is 0 Å². The number of carbonyl (C=O) groups is 2. The molecule has 1 aromatic carbocycles. The van der Waals surface area contributed by atoms with Crippen LogP contribution < -0.4 is 21.3 Å². The van der Waals surface area contributed by atoms with Gasteiger partial charge in [-0.1, -0.05) is 13.0 Å². The van der Waals surface area contributed by atoms with E-state index in [0.29, 0.717) is 36.2 Å². The van der Waals surface area contributed by atoms with Gasteiger partial charge in [0, 0.05) is 36.7 Å². The number of nitrogens with zero attached hydrogens (tertiary/aromatic N) is 1. The number of halogens is 2. The van der Waals surface area contributed by atoms with Crippen molar-refractivity contribution in [3.63, 3.8) is 0 Å². The number of piperidine rings is 1. The summed E-state index contributed by atoms with van der Waals surface area (Å²) in [4.78, 5) is 28.5. The molecule has 0 saturated carbocycles. The summed E-state index contributed by atoms with van der Waals surface area (Å²) in [5.74, 6) is 0.965. The molecule has 1 aliphatic heterocycles. The van der Waals surface area contributed by atoms with Crippen molar-refractivity contribution >= 4 is 48.1 Å².